The third kappa shape index (κ3) is 3.57. The van der Waals surface area contributed by atoms with Crippen LogP contribution in [0.15, 0.2) is 33.5 Å². The summed E-state index contributed by atoms with van der Waals surface area (Å²) < 4.78 is 48.5. The third-order valence-electron chi connectivity index (χ3n) is 2.77. The smallest absolute Gasteiger partial charge is 0.417 e. The van der Waals surface area contributed by atoms with Gasteiger partial charge in [-0.15, -0.1) is 0 Å². The zero-order valence-corrected chi connectivity index (χ0v) is 11.5. The Labute approximate surface area is 122 Å². The zero-order chi connectivity index (χ0) is 16.3. The molecule has 8 heteroatoms. The van der Waals surface area contributed by atoms with Crippen molar-refractivity contribution >= 4 is 16.9 Å². The van der Waals surface area contributed by atoms with Crippen LogP contribution >= 0.6 is 0 Å². The fraction of sp³-hybridized carbons (Fsp3) is 0.286. The highest BCUT2D eigenvalue weighted by Crippen LogP contribution is 2.34. The van der Waals surface area contributed by atoms with Crippen molar-refractivity contribution in [3.05, 3.63) is 40.2 Å². The van der Waals surface area contributed by atoms with Gasteiger partial charge < -0.3 is 14.5 Å². The number of hydrogen-bond acceptors (Lipinski definition) is 4. The van der Waals surface area contributed by atoms with Crippen LogP contribution in [-0.4, -0.2) is 19.1 Å². The molecular formula is C14H12F3NO4. The summed E-state index contributed by atoms with van der Waals surface area (Å²) in [5, 5.41) is 2.25. The Morgan fingerprint density at radius 2 is 2.05 bits per heavy atom. The molecule has 0 saturated heterocycles. The number of hydrogen-bond donors (Lipinski definition) is 1. The molecule has 118 valence electrons. The Hall–Kier alpha value is -2.51. The van der Waals surface area contributed by atoms with Crippen LogP contribution in [0.25, 0.3) is 11.0 Å². The number of nitrogens with one attached hydrogen (secondary N) is 1. The second-order valence-electron chi connectivity index (χ2n) is 4.38. The van der Waals surface area contributed by atoms with E-state index in [2.05, 4.69) is 5.32 Å². The van der Waals surface area contributed by atoms with E-state index in [9.17, 15) is 22.8 Å². The first kappa shape index (κ1) is 15.9. The van der Waals surface area contributed by atoms with Crippen molar-refractivity contribution in [1.82, 2.24) is 5.32 Å². The standard InChI is InChI=1S/C14H12F3NO4/c1-2-18-12(19)7-21-8-3-4-9-10(14(15,16)17)6-13(20)22-11(9)5-8/h3-6H,2,7H2,1H3,(H,18,19). The van der Waals surface area contributed by atoms with Crippen molar-refractivity contribution in [3.63, 3.8) is 0 Å². The largest absolute Gasteiger partial charge is 0.484 e. The minimum Gasteiger partial charge on any atom is -0.484 e. The third-order valence-corrected chi connectivity index (χ3v) is 2.77. The molecule has 0 saturated carbocycles. The van der Waals surface area contributed by atoms with Gasteiger partial charge >= 0.3 is 11.8 Å². The fourth-order valence-electron chi connectivity index (χ4n) is 1.86. The van der Waals surface area contributed by atoms with E-state index in [4.69, 9.17) is 9.15 Å². The summed E-state index contributed by atoms with van der Waals surface area (Å²) in [5.74, 6) is -0.241. The summed E-state index contributed by atoms with van der Waals surface area (Å²) in [6, 6.07) is 3.95. The molecule has 2 aromatic rings. The molecule has 2 rings (SSSR count). The van der Waals surface area contributed by atoms with E-state index in [1.54, 1.807) is 6.92 Å². The highest BCUT2D eigenvalue weighted by atomic mass is 19.4. The van der Waals surface area contributed by atoms with Gasteiger partial charge in [0, 0.05) is 24.1 Å². The monoisotopic (exact) mass is 315 g/mol. The van der Waals surface area contributed by atoms with Gasteiger partial charge in [0.15, 0.2) is 6.61 Å². The summed E-state index contributed by atoms with van der Waals surface area (Å²) >= 11 is 0. The lowest BCUT2D eigenvalue weighted by Gasteiger charge is -2.10. The van der Waals surface area contributed by atoms with E-state index in [1.165, 1.54) is 6.07 Å². The van der Waals surface area contributed by atoms with Crippen LogP contribution < -0.4 is 15.7 Å². The van der Waals surface area contributed by atoms with Gasteiger partial charge in [-0.25, -0.2) is 4.79 Å². The highest BCUT2D eigenvalue weighted by molar-refractivity contribution is 5.82. The van der Waals surface area contributed by atoms with Crippen LogP contribution in [-0.2, 0) is 11.0 Å². The van der Waals surface area contributed by atoms with Gasteiger partial charge in [-0.3, -0.25) is 4.79 Å². The SMILES string of the molecule is CCNC(=O)COc1ccc2c(C(F)(F)F)cc(=O)oc2c1. The summed E-state index contributed by atoms with van der Waals surface area (Å²) in [5.41, 5.74) is -2.44. The molecule has 0 radical (unpaired) electrons. The number of benzene rings is 1. The van der Waals surface area contributed by atoms with E-state index in [0.717, 1.165) is 12.1 Å². The van der Waals surface area contributed by atoms with Gasteiger partial charge in [0.05, 0.1) is 5.56 Å². The Balaban J connectivity index is 2.35. The fourth-order valence-corrected chi connectivity index (χ4v) is 1.86. The average molecular weight is 315 g/mol. The number of likely N-dealkylation sites (N-methyl/N-ethyl adjacent to an activating group) is 1. The van der Waals surface area contributed by atoms with Gasteiger partial charge in [0.25, 0.3) is 5.91 Å². The van der Waals surface area contributed by atoms with Crippen LogP contribution in [0.3, 0.4) is 0 Å². The van der Waals surface area contributed by atoms with Crippen molar-refractivity contribution in [2.75, 3.05) is 13.2 Å². The molecular weight excluding hydrogens is 303 g/mol. The maximum Gasteiger partial charge on any atom is 0.417 e. The van der Waals surface area contributed by atoms with Gasteiger partial charge in [0.2, 0.25) is 0 Å². The van der Waals surface area contributed by atoms with Crippen molar-refractivity contribution in [2.24, 2.45) is 0 Å². The summed E-state index contributed by atoms with van der Waals surface area (Å²) in [6.45, 7) is 1.88. The van der Waals surface area contributed by atoms with Crippen molar-refractivity contribution in [1.29, 1.82) is 0 Å². The molecule has 0 aliphatic rings. The average Bonchev–Trinajstić information content (AvgIpc) is 2.43. The number of carbonyl (C=O) groups is 1. The number of carbonyl (C=O) groups excluding carboxylic acids is 1. The molecule has 22 heavy (non-hydrogen) atoms. The Morgan fingerprint density at radius 3 is 2.68 bits per heavy atom. The summed E-state index contributed by atoms with van der Waals surface area (Å²) in [7, 11) is 0. The first-order chi connectivity index (χ1) is 10.3. The number of rotatable bonds is 4. The van der Waals surface area contributed by atoms with Crippen molar-refractivity contribution in [2.45, 2.75) is 13.1 Å². The summed E-state index contributed by atoms with van der Waals surface area (Å²) in [4.78, 5) is 22.5. The minimum absolute atomic E-state index is 0.126. The van der Waals surface area contributed by atoms with E-state index < -0.39 is 17.4 Å². The lowest BCUT2D eigenvalue weighted by molar-refractivity contribution is -0.136. The normalized spacial score (nSPS) is 11.5. The van der Waals surface area contributed by atoms with Crippen molar-refractivity contribution in [3.8, 4) is 5.75 Å². The second-order valence-corrected chi connectivity index (χ2v) is 4.38. The number of amides is 1. The number of alkyl halides is 3. The molecule has 1 heterocycles. The number of halogens is 3. The predicted molar refractivity (Wildman–Crippen MR) is 71.7 cm³/mol. The Morgan fingerprint density at radius 1 is 1.32 bits per heavy atom. The van der Waals surface area contributed by atoms with Gasteiger partial charge in [-0.1, -0.05) is 0 Å². The quantitative estimate of drug-likeness (QED) is 0.879. The lowest BCUT2D eigenvalue weighted by atomic mass is 10.1. The molecule has 0 spiro atoms. The molecule has 0 aliphatic carbocycles. The molecule has 1 aromatic heterocycles. The minimum atomic E-state index is -4.67. The highest BCUT2D eigenvalue weighted by Gasteiger charge is 2.33. The van der Waals surface area contributed by atoms with E-state index in [-0.39, 0.29) is 29.2 Å². The topological polar surface area (TPSA) is 68.5 Å². The first-order valence-electron chi connectivity index (χ1n) is 6.36. The first-order valence-corrected chi connectivity index (χ1v) is 6.36. The lowest BCUT2D eigenvalue weighted by Crippen LogP contribution is -2.28. The van der Waals surface area contributed by atoms with Crippen LogP contribution in [0.5, 0.6) is 5.75 Å². The molecule has 1 N–H and O–H groups in total. The van der Waals surface area contributed by atoms with E-state index >= 15 is 0 Å². The summed E-state index contributed by atoms with van der Waals surface area (Å²) in [6.07, 6.45) is -4.67. The molecule has 1 aromatic carbocycles. The van der Waals surface area contributed by atoms with Gasteiger partial charge in [-0.05, 0) is 19.1 Å². The van der Waals surface area contributed by atoms with Gasteiger partial charge in [-0.2, -0.15) is 13.2 Å². The maximum atomic E-state index is 12.9. The molecule has 5 nitrogen and oxygen atoms in total. The zero-order valence-electron chi connectivity index (χ0n) is 11.5. The van der Waals surface area contributed by atoms with Crippen LogP contribution in [0.2, 0.25) is 0 Å². The second kappa shape index (κ2) is 6.08. The molecule has 0 bridgehead atoms. The molecule has 1 amide bonds. The molecule has 0 unspecified atom stereocenters. The van der Waals surface area contributed by atoms with E-state index in [1.807, 2.05) is 0 Å². The van der Waals surface area contributed by atoms with Crippen LogP contribution in [0, 0.1) is 0 Å². The van der Waals surface area contributed by atoms with Crippen LogP contribution in [0.4, 0.5) is 13.2 Å². The van der Waals surface area contributed by atoms with Gasteiger partial charge in [0.1, 0.15) is 11.3 Å². The number of ether oxygens (including phenoxy) is 1. The molecule has 0 atom stereocenters. The van der Waals surface area contributed by atoms with Crippen LogP contribution in [0.1, 0.15) is 12.5 Å². The predicted octanol–water partition coefficient (Wildman–Crippen LogP) is 2.33. The number of fused-ring (bicyclic) bond motifs is 1. The Bertz CT molecular complexity index is 752. The van der Waals surface area contributed by atoms with E-state index in [0.29, 0.717) is 12.6 Å². The molecule has 0 aliphatic heterocycles. The van der Waals surface area contributed by atoms with Crippen molar-refractivity contribution < 1.29 is 27.1 Å². The Kier molecular flexibility index (Phi) is 4.39. The maximum absolute atomic E-state index is 12.9. The molecule has 0 fully saturated rings.